The molecule has 0 saturated heterocycles. The van der Waals surface area contributed by atoms with Crippen molar-refractivity contribution in [3.05, 3.63) is 42.1 Å². The smallest absolute Gasteiger partial charge is 0.338 e. The van der Waals surface area contributed by atoms with Crippen molar-refractivity contribution in [1.29, 1.82) is 0 Å². The highest BCUT2D eigenvalue weighted by atomic mass is 19.1. The fraction of sp³-hybridized carbons (Fsp3) is 0.200. The standard InChI is InChI=1S/C10H10FO2/c1-2-7-13-10(12)8-3-5-9(11)6-4-8/h2-6H,7H2,1H3. The molecule has 1 aromatic carbocycles. The maximum atomic E-state index is 12.4. The number of benzene rings is 1. The van der Waals surface area contributed by atoms with E-state index in [2.05, 4.69) is 0 Å². The summed E-state index contributed by atoms with van der Waals surface area (Å²) < 4.78 is 17.2. The number of rotatable bonds is 3. The van der Waals surface area contributed by atoms with E-state index in [1.165, 1.54) is 24.3 Å². The van der Waals surface area contributed by atoms with Crippen LogP contribution in [0.2, 0.25) is 0 Å². The molecule has 1 rings (SSSR count). The monoisotopic (exact) mass is 181 g/mol. The maximum absolute atomic E-state index is 12.4. The van der Waals surface area contributed by atoms with Gasteiger partial charge in [-0.15, -0.1) is 0 Å². The molecule has 1 radical (unpaired) electrons. The first kappa shape index (κ1) is 9.71. The van der Waals surface area contributed by atoms with Crippen LogP contribution in [0, 0.1) is 12.2 Å². The summed E-state index contributed by atoms with van der Waals surface area (Å²) in [4.78, 5) is 11.2. The molecule has 0 bridgehead atoms. The van der Waals surface area contributed by atoms with Gasteiger partial charge >= 0.3 is 5.97 Å². The fourth-order valence-corrected chi connectivity index (χ4v) is 0.828. The van der Waals surface area contributed by atoms with Crippen molar-refractivity contribution in [3.63, 3.8) is 0 Å². The van der Waals surface area contributed by atoms with Crippen molar-refractivity contribution < 1.29 is 13.9 Å². The van der Waals surface area contributed by atoms with E-state index in [0.29, 0.717) is 5.56 Å². The molecule has 0 aliphatic rings. The Balaban J connectivity index is 2.61. The van der Waals surface area contributed by atoms with Gasteiger partial charge in [0.1, 0.15) is 5.82 Å². The number of carbonyl (C=O) groups is 1. The molecule has 0 amide bonds. The van der Waals surface area contributed by atoms with Crippen LogP contribution >= 0.6 is 0 Å². The molecule has 13 heavy (non-hydrogen) atoms. The average Bonchev–Trinajstić information content (AvgIpc) is 2.15. The van der Waals surface area contributed by atoms with Gasteiger partial charge in [-0.05, 0) is 30.7 Å². The molecule has 2 nitrogen and oxygen atoms in total. The highest BCUT2D eigenvalue weighted by molar-refractivity contribution is 5.89. The Morgan fingerprint density at radius 1 is 1.46 bits per heavy atom. The number of hydrogen-bond acceptors (Lipinski definition) is 2. The van der Waals surface area contributed by atoms with Crippen LogP contribution in [0.15, 0.2) is 24.3 Å². The third kappa shape index (κ3) is 2.86. The zero-order valence-corrected chi connectivity index (χ0v) is 7.29. The van der Waals surface area contributed by atoms with Gasteiger partial charge in [0, 0.05) is 0 Å². The van der Waals surface area contributed by atoms with E-state index < -0.39 is 5.97 Å². The summed E-state index contributed by atoms with van der Waals surface area (Å²) in [6.07, 6.45) is 1.72. The van der Waals surface area contributed by atoms with Crippen LogP contribution in [0.25, 0.3) is 0 Å². The molecular formula is C10H10FO2. The molecular weight excluding hydrogens is 171 g/mol. The second-order valence-corrected chi connectivity index (χ2v) is 2.51. The van der Waals surface area contributed by atoms with E-state index in [0.717, 1.165) is 0 Å². The summed E-state index contributed by atoms with van der Waals surface area (Å²) in [6, 6.07) is 5.25. The van der Waals surface area contributed by atoms with Gasteiger partial charge in [0.05, 0.1) is 12.2 Å². The summed E-state index contributed by atoms with van der Waals surface area (Å²) in [7, 11) is 0. The van der Waals surface area contributed by atoms with Crippen molar-refractivity contribution in [1.82, 2.24) is 0 Å². The summed E-state index contributed by atoms with van der Waals surface area (Å²) in [6.45, 7) is 2.06. The maximum Gasteiger partial charge on any atom is 0.338 e. The van der Waals surface area contributed by atoms with E-state index in [-0.39, 0.29) is 12.4 Å². The van der Waals surface area contributed by atoms with Gasteiger partial charge in [-0.25, -0.2) is 9.18 Å². The largest absolute Gasteiger partial charge is 0.462 e. The molecule has 0 aromatic heterocycles. The van der Waals surface area contributed by atoms with E-state index in [1.807, 2.05) is 0 Å². The lowest BCUT2D eigenvalue weighted by atomic mass is 10.2. The quantitative estimate of drug-likeness (QED) is 0.668. The van der Waals surface area contributed by atoms with Gasteiger partial charge in [-0.2, -0.15) is 0 Å². The van der Waals surface area contributed by atoms with Crippen LogP contribution in [0.4, 0.5) is 4.39 Å². The lowest BCUT2D eigenvalue weighted by Crippen LogP contribution is -2.05. The van der Waals surface area contributed by atoms with E-state index in [4.69, 9.17) is 4.74 Å². The van der Waals surface area contributed by atoms with Crippen molar-refractivity contribution >= 4 is 5.97 Å². The first-order chi connectivity index (χ1) is 6.24. The van der Waals surface area contributed by atoms with Crippen LogP contribution in [0.3, 0.4) is 0 Å². The topological polar surface area (TPSA) is 26.3 Å². The summed E-state index contributed by atoms with van der Waals surface area (Å²) in [5.41, 5.74) is 0.364. The number of carbonyl (C=O) groups excluding carboxylic acids is 1. The van der Waals surface area contributed by atoms with Crippen LogP contribution in [-0.4, -0.2) is 12.6 Å². The highest BCUT2D eigenvalue weighted by Gasteiger charge is 2.05. The molecule has 3 heteroatoms. The van der Waals surface area contributed by atoms with Gasteiger partial charge in [0.25, 0.3) is 0 Å². The molecule has 0 spiro atoms. The lowest BCUT2D eigenvalue weighted by Gasteiger charge is -2.01. The zero-order chi connectivity index (χ0) is 9.68. The second kappa shape index (κ2) is 4.60. The van der Waals surface area contributed by atoms with Crippen molar-refractivity contribution in [2.24, 2.45) is 0 Å². The van der Waals surface area contributed by atoms with E-state index in [9.17, 15) is 9.18 Å². The first-order valence-electron chi connectivity index (χ1n) is 3.94. The second-order valence-electron chi connectivity index (χ2n) is 2.51. The Bertz CT molecular complexity index is 279. The molecule has 0 heterocycles. The number of ether oxygens (including phenoxy) is 1. The van der Waals surface area contributed by atoms with E-state index >= 15 is 0 Å². The molecule has 0 aliphatic carbocycles. The SMILES string of the molecule is C[CH]COC(=O)c1ccc(F)cc1. The fourth-order valence-electron chi connectivity index (χ4n) is 0.828. The molecule has 0 N–H and O–H groups in total. The Kier molecular flexibility index (Phi) is 3.43. The van der Waals surface area contributed by atoms with Gasteiger partial charge in [0.2, 0.25) is 0 Å². The Morgan fingerprint density at radius 3 is 2.62 bits per heavy atom. The first-order valence-corrected chi connectivity index (χ1v) is 3.94. The normalized spacial score (nSPS) is 9.69. The molecule has 0 saturated carbocycles. The average molecular weight is 181 g/mol. The van der Waals surface area contributed by atoms with Gasteiger partial charge in [-0.3, -0.25) is 0 Å². The molecule has 0 aliphatic heterocycles. The summed E-state index contributed by atoms with van der Waals surface area (Å²) >= 11 is 0. The zero-order valence-electron chi connectivity index (χ0n) is 7.29. The van der Waals surface area contributed by atoms with Gasteiger partial charge < -0.3 is 4.74 Å². The third-order valence-electron chi connectivity index (χ3n) is 1.46. The Hall–Kier alpha value is -1.38. The number of halogens is 1. The van der Waals surface area contributed by atoms with Crippen LogP contribution in [0.1, 0.15) is 17.3 Å². The minimum Gasteiger partial charge on any atom is -0.462 e. The van der Waals surface area contributed by atoms with Crippen molar-refractivity contribution in [2.45, 2.75) is 6.92 Å². The van der Waals surface area contributed by atoms with Crippen LogP contribution in [0.5, 0.6) is 0 Å². The Morgan fingerprint density at radius 2 is 2.08 bits per heavy atom. The van der Waals surface area contributed by atoms with Crippen LogP contribution < -0.4 is 0 Å². The third-order valence-corrected chi connectivity index (χ3v) is 1.46. The predicted molar refractivity (Wildman–Crippen MR) is 46.7 cm³/mol. The number of hydrogen-bond donors (Lipinski definition) is 0. The molecule has 0 atom stereocenters. The van der Waals surface area contributed by atoms with Crippen molar-refractivity contribution in [2.75, 3.05) is 6.61 Å². The van der Waals surface area contributed by atoms with E-state index in [1.54, 1.807) is 13.3 Å². The molecule has 0 fully saturated rings. The van der Waals surface area contributed by atoms with Crippen LogP contribution in [-0.2, 0) is 4.74 Å². The lowest BCUT2D eigenvalue weighted by molar-refractivity contribution is 0.0537. The van der Waals surface area contributed by atoms with Crippen molar-refractivity contribution in [3.8, 4) is 0 Å². The predicted octanol–water partition coefficient (Wildman–Crippen LogP) is 2.21. The molecule has 1 aromatic rings. The van der Waals surface area contributed by atoms with Gasteiger partial charge in [-0.1, -0.05) is 6.92 Å². The highest BCUT2D eigenvalue weighted by Crippen LogP contribution is 2.04. The number of esters is 1. The molecule has 69 valence electrons. The van der Waals surface area contributed by atoms with Gasteiger partial charge in [0.15, 0.2) is 0 Å². The summed E-state index contributed by atoms with van der Waals surface area (Å²) in [5.74, 6) is -0.795. The summed E-state index contributed by atoms with van der Waals surface area (Å²) in [5, 5.41) is 0. The Labute approximate surface area is 76.3 Å². The minimum absolute atomic E-state index is 0.274. The minimum atomic E-state index is -0.432. The molecule has 0 unspecified atom stereocenters.